The molecule has 3 aromatic rings. The van der Waals surface area contributed by atoms with E-state index < -0.39 is 11.4 Å². The number of allylic oxidation sites excluding steroid dienone is 2. The highest BCUT2D eigenvalue weighted by Crippen LogP contribution is 2.36. The normalized spacial score (nSPS) is 13.3. The van der Waals surface area contributed by atoms with Gasteiger partial charge in [-0.15, -0.1) is 0 Å². The van der Waals surface area contributed by atoms with E-state index in [9.17, 15) is 14.7 Å². The molecule has 1 unspecified atom stereocenters. The van der Waals surface area contributed by atoms with E-state index in [-0.39, 0.29) is 18.6 Å². The van der Waals surface area contributed by atoms with Gasteiger partial charge in [-0.25, -0.2) is 0 Å². The van der Waals surface area contributed by atoms with Crippen molar-refractivity contribution in [2.24, 2.45) is 0 Å². The monoisotopic (exact) mass is 458 g/mol. The average molecular weight is 459 g/mol. The zero-order chi connectivity index (χ0) is 23.7. The largest absolute Gasteiger partial charge is 0.481 e. The highest BCUT2D eigenvalue weighted by Gasteiger charge is 2.37. The molecule has 0 spiro atoms. The summed E-state index contributed by atoms with van der Waals surface area (Å²) in [6.07, 6.45) is 7.78. The molecule has 33 heavy (non-hydrogen) atoms. The van der Waals surface area contributed by atoms with Crippen LogP contribution in [0.5, 0.6) is 0 Å². The number of carboxylic acids is 1. The second-order valence-corrected chi connectivity index (χ2v) is 8.49. The van der Waals surface area contributed by atoms with Crippen LogP contribution in [0.15, 0.2) is 91.0 Å². The number of hydrogen-bond acceptors (Lipinski definition) is 2. The van der Waals surface area contributed by atoms with E-state index in [1.807, 2.05) is 85.8 Å². The third-order valence-electron chi connectivity index (χ3n) is 5.81. The van der Waals surface area contributed by atoms with Gasteiger partial charge in [-0.05, 0) is 60.2 Å². The molecule has 0 aromatic heterocycles. The lowest BCUT2D eigenvalue weighted by Crippen LogP contribution is -2.35. The molecule has 0 fully saturated rings. The second-order valence-electron chi connectivity index (χ2n) is 8.05. The molecule has 0 heterocycles. The molecule has 0 amide bonds. The van der Waals surface area contributed by atoms with Crippen molar-refractivity contribution < 1.29 is 14.7 Å². The zero-order valence-electron chi connectivity index (χ0n) is 18.6. The van der Waals surface area contributed by atoms with Crippen LogP contribution in [-0.2, 0) is 15.0 Å². The van der Waals surface area contributed by atoms with Crippen molar-refractivity contribution in [1.82, 2.24) is 0 Å². The third-order valence-corrected chi connectivity index (χ3v) is 6.07. The Labute approximate surface area is 200 Å². The van der Waals surface area contributed by atoms with E-state index in [4.69, 9.17) is 11.6 Å². The molecule has 3 rings (SSSR count). The van der Waals surface area contributed by atoms with E-state index >= 15 is 0 Å². The summed E-state index contributed by atoms with van der Waals surface area (Å²) >= 11 is 5.96. The average Bonchev–Trinajstić information content (AvgIpc) is 2.82. The Morgan fingerprint density at radius 2 is 1.58 bits per heavy atom. The minimum atomic E-state index is -0.984. The van der Waals surface area contributed by atoms with Gasteiger partial charge in [0.2, 0.25) is 0 Å². The van der Waals surface area contributed by atoms with Crippen molar-refractivity contribution in [2.45, 2.75) is 31.6 Å². The van der Waals surface area contributed by atoms with Crippen LogP contribution >= 0.6 is 11.6 Å². The van der Waals surface area contributed by atoms with Crippen molar-refractivity contribution in [3.63, 3.8) is 0 Å². The van der Waals surface area contributed by atoms with Crippen molar-refractivity contribution in [1.29, 1.82) is 0 Å². The fraction of sp³-hybridized carbons (Fsp3) is 0.172. The summed E-state index contributed by atoms with van der Waals surface area (Å²) in [5.74, 6) is -1.05. The number of aryl methyl sites for hydroxylation is 1. The van der Waals surface area contributed by atoms with Crippen LogP contribution in [0.1, 0.15) is 41.5 Å². The van der Waals surface area contributed by atoms with Gasteiger partial charge in [-0.3, -0.25) is 9.59 Å². The Bertz CT molecular complexity index is 1150. The Morgan fingerprint density at radius 1 is 0.909 bits per heavy atom. The first-order chi connectivity index (χ1) is 15.9. The topological polar surface area (TPSA) is 54.4 Å². The number of ketones is 1. The Hall–Kier alpha value is -3.43. The molecular weight excluding hydrogens is 432 g/mol. The van der Waals surface area contributed by atoms with E-state index in [2.05, 4.69) is 0 Å². The van der Waals surface area contributed by atoms with Crippen LogP contribution < -0.4 is 0 Å². The minimum absolute atomic E-state index is 0.104. The van der Waals surface area contributed by atoms with Gasteiger partial charge in [0.15, 0.2) is 5.78 Å². The van der Waals surface area contributed by atoms with Gasteiger partial charge in [0.25, 0.3) is 0 Å². The van der Waals surface area contributed by atoms with Crippen molar-refractivity contribution in [3.05, 3.63) is 118 Å². The maximum Gasteiger partial charge on any atom is 0.303 e. The van der Waals surface area contributed by atoms with Crippen LogP contribution in [0.3, 0.4) is 0 Å². The molecule has 168 valence electrons. The smallest absolute Gasteiger partial charge is 0.303 e. The van der Waals surface area contributed by atoms with Gasteiger partial charge in [-0.2, -0.15) is 0 Å². The molecule has 1 atom stereocenters. The fourth-order valence-electron chi connectivity index (χ4n) is 3.87. The second kappa shape index (κ2) is 11.4. The number of halogens is 1. The van der Waals surface area contributed by atoms with Crippen molar-refractivity contribution >= 4 is 35.5 Å². The first-order valence-electron chi connectivity index (χ1n) is 10.9. The quantitative estimate of drug-likeness (QED) is 0.328. The summed E-state index contributed by atoms with van der Waals surface area (Å²) in [7, 11) is 0. The van der Waals surface area contributed by atoms with Gasteiger partial charge in [-0.1, -0.05) is 96.6 Å². The lowest BCUT2D eigenvalue weighted by molar-refractivity contribution is -0.137. The number of hydrogen-bond donors (Lipinski definition) is 1. The molecule has 0 aliphatic heterocycles. The SMILES string of the molecule is Cc1ccccc1C=CCC(CCC(=O)O)(C(=O)C=Cc1ccc(Cl)cc1)c1ccccc1. The van der Waals surface area contributed by atoms with Gasteiger partial charge in [0.1, 0.15) is 0 Å². The van der Waals surface area contributed by atoms with Gasteiger partial charge in [0.05, 0.1) is 5.41 Å². The van der Waals surface area contributed by atoms with E-state index in [1.165, 1.54) is 0 Å². The van der Waals surface area contributed by atoms with Gasteiger partial charge in [0, 0.05) is 11.4 Å². The molecular formula is C29H27ClO3. The number of carboxylic acid groups (broad SMARTS) is 1. The first-order valence-corrected chi connectivity index (χ1v) is 11.3. The predicted molar refractivity (Wildman–Crippen MR) is 135 cm³/mol. The zero-order valence-corrected chi connectivity index (χ0v) is 19.3. The minimum Gasteiger partial charge on any atom is -0.481 e. The summed E-state index contributed by atoms with van der Waals surface area (Å²) in [6, 6.07) is 24.7. The van der Waals surface area contributed by atoms with Crippen LogP contribution in [-0.4, -0.2) is 16.9 Å². The molecule has 3 nitrogen and oxygen atoms in total. The summed E-state index contributed by atoms with van der Waals surface area (Å²) < 4.78 is 0. The van der Waals surface area contributed by atoms with Gasteiger partial charge < -0.3 is 5.11 Å². The molecule has 0 aliphatic rings. The third kappa shape index (κ3) is 6.53. The lowest BCUT2D eigenvalue weighted by Gasteiger charge is -2.31. The van der Waals surface area contributed by atoms with Crippen molar-refractivity contribution in [3.8, 4) is 0 Å². The maximum absolute atomic E-state index is 13.7. The molecule has 3 aromatic carbocycles. The first kappa shape index (κ1) is 24.2. The predicted octanol–water partition coefficient (Wildman–Crippen LogP) is 7.14. The summed E-state index contributed by atoms with van der Waals surface area (Å²) in [5, 5.41) is 10.0. The Kier molecular flexibility index (Phi) is 8.39. The maximum atomic E-state index is 13.7. The molecule has 0 saturated heterocycles. The summed E-state index contributed by atoms with van der Waals surface area (Å²) in [5.41, 5.74) is 2.89. The molecule has 0 aliphatic carbocycles. The van der Waals surface area contributed by atoms with E-state index in [0.717, 1.165) is 22.3 Å². The van der Waals surface area contributed by atoms with Crippen molar-refractivity contribution in [2.75, 3.05) is 0 Å². The number of rotatable bonds is 10. The molecule has 0 bridgehead atoms. The molecule has 4 heteroatoms. The summed E-state index contributed by atoms with van der Waals surface area (Å²) in [4.78, 5) is 25.2. The van der Waals surface area contributed by atoms with E-state index in [0.29, 0.717) is 11.4 Å². The molecule has 1 N–H and O–H groups in total. The Morgan fingerprint density at radius 3 is 2.24 bits per heavy atom. The standard InChI is InChI=1S/C29H27ClO3/c1-22-8-5-6-9-24(22)10-7-20-29(21-19-28(32)33,25-11-3-2-4-12-25)27(31)18-15-23-13-16-26(30)17-14-23/h2-18H,19-21H2,1H3,(H,32,33). The number of aliphatic carboxylic acids is 1. The van der Waals surface area contributed by atoms with Crippen LogP contribution in [0, 0.1) is 6.92 Å². The molecule has 0 saturated carbocycles. The van der Waals surface area contributed by atoms with Crippen LogP contribution in [0.25, 0.3) is 12.2 Å². The lowest BCUT2D eigenvalue weighted by atomic mass is 9.70. The fourth-order valence-corrected chi connectivity index (χ4v) is 4.00. The number of benzene rings is 3. The molecule has 0 radical (unpaired) electrons. The van der Waals surface area contributed by atoms with E-state index in [1.54, 1.807) is 24.3 Å². The van der Waals surface area contributed by atoms with Crippen LogP contribution in [0.4, 0.5) is 0 Å². The number of carbonyl (C=O) groups excluding carboxylic acids is 1. The highest BCUT2D eigenvalue weighted by atomic mass is 35.5. The summed E-state index contributed by atoms with van der Waals surface area (Å²) in [6.45, 7) is 2.04. The Balaban J connectivity index is 1.99. The highest BCUT2D eigenvalue weighted by molar-refractivity contribution is 6.30. The van der Waals surface area contributed by atoms with Crippen LogP contribution in [0.2, 0.25) is 5.02 Å². The van der Waals surface area contributed by atoms with Gasteiger partial charge >= 0.3 is 5.97 Å². The number of carbonyl (C=O) groups is 2.